The summed E-state index contributed by atoms with van der Waals surface area (Å²) in [7, 11) is 0. The molecule has 0 aromatic carbocycles. The van der Waals surface area contributed by atoms with Crippen molar-refractivity contribution in [1.82, 2.24) is 10.2 Å². The number of rotatable bonds is 5. The van der Waals surface area contributed by atoms with E-state index in [1.54, 1.807) is 0 Å². The fourth-order valence-corrected chi connectivity index (χ4v) is 2.32. The number of nitrogens with zero attached hydrogens (tertiary/aromatic N) is 1. The molecule has 0 radical (unpaired) electrons. The van der Waals surface area contributed by atoms with E-state index in [2.05, 4.69) is 37.9 Å². The van der Waals surface area contributed by atoms with Crippen molar-refractivity contribution in [3.8, 4) is 0 Å². The molecule has 0 aromatic heterocycles. The van der Waals surface area contributed by atoms with Gasteiger partial charge in [-0.3, -0.25) is 9.69 Å². The first-order valence-corrected chi connectivity index (χ1v) is 6.69. The fourth-order valence-electron chi connectivity index (χ4n) is 2.32. The molecule has 1 amide bonds. The standard InChI is InChI=1S/C13H27N3O/c1-9(2)11(4)15-13(17)8-16-6-5-10(3)12(16)7-14/h9-12H,5-8,14H2,1-4H3,(H,15,17). The molecule has 1 aliphatic rings. The second-order valence-corrected chi connectivity index (χ2v) is 5.64. The topological polar surface area (TPSA) is 58.4 Å². The minimum absolute atomic E-state index is 0.124. The first kappa shape index (κ1) is 14.5. The molecule has 3 unspecified atom stereocenters. The Morgan fingerprint density at radius 3 is 2.65 bits per heavy atom. The van der Waals surface area contributed by atoms with E-state index in [4.69, 9.17) is 5.73 Å². The molecule has 1 aliphatic heterocycles. The molecule has 17 heavy (non-hydrogen) atoms. The average molecular weight is 241 g/mol. The van der Waals surface area contributed by atoms with Crippen LogP contribution in [-0.2, 0) is 4.79 Å². The molecule has 100 valence electrons. The van der Waals surface area contributed by atoms with Gasteiger partial charge in [-0.2, -0.15) is 0 Å². The lowest BCUT2D eigenvalue weighted by atomic mass is 10.0. The van der Waals surface area contributed by atoms with Gasteiger partial charge in [0.2, 0.25) is 5.91 Å². The summed E-state index contributed by atoms with van der Waals surface area (Å²) in [6.07, 6.45) is 1.15. The van der Waals surface area contributed by atoms with Gasteiger partial charge < -0.3 is 11.1 Å². The Bertz CT molecular complexity index is 255. The summed E-state index contributed by atoms with van der Waals surface area (Å²) in [5.74, 6) is 1.20. The molecule has 0 spiro atoms. The van der Waals surface area contributed by atoms with Crippen LogP contribution in [-0.4, -0.2) is 42.5 Å². The van der Waals surface area contributed by atoms with E-state index >= 15 is 0 Å². The summed E-state index contributed by atoms with van der Waals surface area (Å²) in [6, 6.07) is 0.606. The molecule has 1 heterocycles. The molecule has 3 atom stereocenters. The first-order valence-electron chi connectivity index (χ1n) is 6.69. The maximum Gasteiger partial charge on any atom is 0.234 e. The van der Waals surface area contributed by atoms with Gasteiger partial charge in [0.05, 0.1) is 6.54 Å². The van der Waals surface area contributed by atoms with Crippen LogP contribution in [0.1, 0.15) is 34.1 Å². The van der Waals surface area contributed by atoms with Gasteiger partial charge in [0.25, 0.3) is 0 Å². The average Bonchev–Trinajstić information content (AvgIpc) is 2.58. The Kier molecular flexibility index (Phi) is 5.40. The molecular weight excluding hydrogens is 214 g/mol. The van der Waals surface area contributed by atoms with Gasteiger partial charge in [-0.15, -0.1) is 0 Å². The highest BCUT2D eigenvalue weighted by atomic mass is 16.2. The number of nitrogens with two attached hydrogens (primary N) is 1. The Hall–Kier alpha value is -0.610. The van der Waals surface area contributed by atoms with Gasteiger partial charge in [-0.25, -0.2) is 0 Å². The number of hydrogen-bond acceptors (Lipinski definition) is 3. The van der Waals surface area contributed by atoms with Gasteiger partial charge in [0, 0.05) is 18.6 Å². The van der Waals surface area contributed by atoms with Gasteiger partial charge in [0.1, 0.15) is 0 Å². The number of nitrogens with one attached hydrogen (secondary N) is 1. The predicted molar refractivity (Wildman–Crippen MR) is 70.6 cm³/mol. The van der Waals surface area contributed by atoms with Crippen molar-refractivity contribution in [3.05, 3.63) is 0 Å². The van der Waals surface area contributed by atoms with Crippen LogP contribution in [0.5, 0.6) is 0 Å². The lowest BCUT2D eigenvalue weighted by Gasteiger charge is -2.26. The third-order valence-electron chi connectivity index (χ3n) is 3.97. The van der Waals surface area contributed by atoms with Crippen molar-refractivity contribution >= 4 is 5.91 Å². The summed E-state index contributed by atoms with van der Waals surface area (Å²) in [4.78, 5) is 14.1. The van der Waals surface area contributed by atoms with Crippen LogP contribution >= 0.6 is 0 Å². The number of hydrogen-bond donors (Lipinski definition) is 2. The minimum atomic E-state index is 0.124. The SMILES string of the molecule is CC(C)C(C)NC(=O)CN1CCC(C)C1CN. The van der Waals surface area contributed by atoms with Crippen LogP contribution in [0.4, 0.5) is 0 Å². The number of amides is 1. The Balaban J connectivity index is 2.41. The Labute approximate surface area is 105 Å². The van der Waals surface area contributed by atoms with Crippen molar-refractivity contribution in [1.29, 1.82) is 0 Å². The second-order valence-electron chi connectivity index (χ2n) is 5.64. The normalized spacial score (nSPS) is 27.4. The smallest absolute Gasteiger partial charge is 0.234 e. The molecule has 1 rings (SSSR count). The zero-order valence-electron chi connectivity index (χ0n) is 11.6. The Morgan fingerprint density at radius 2 is 2.12 bits per heavy atom. The van der Waals surface area contributed by atoms with Crippen LogP contribution in [0.3, 0.4) is 0 Å². The van der Waals surface area contributed by atoms with Crippen molar-refractivity contribution in [3.63, 3.8) is 0 Å². The monoisotopic (exact) mass is 241 g/mol. The van der Waals surface area contributed by atoms with Crippen LogP contribution in [0, 0.1) is 11.8 Å². The molecule has 0 saturated carbocycles. The molecule has 0 aliphatic carbocycles. The largest absolute Gasteiger partial charge is 0.352 e. The van der Waals surface area contributed by atoms with Crippen LogP contribution in [0.2, 0.25) is 0 Å². The molecular formula is C13H27N3O. The second kappa shape index (κ2) is 6.36. The van der Waals surface area contributed by atoms with Gasteiger partial charge in [-0.1, -0.05) is 20.8 Å². The first-order chi connectivity index (χ1) is 7.95. The highest BCUT2D eigenvalue weighted by Gasteiger charge is 2.31. The van der Waals surface area contributed by atoms with Crippen LogP contribution < -0.4 is 11.1 Å². The van der Waals surface area contributed by atoms with Crippen molar-refractivity contribution in [2.45, 2.75) is 46.2 Å². The van der Waals surface area contributed by atoms with Crippen molar-refractivity contribution < 1.29 is 4.79 Å². The number of carbonyl (C=O) groups is 1. The summed E-state index contributed by atoms with van der Waals surface area (Å²) in [5, 5.41) is 3.04. The minimum Gasteiger partial charge on any atom is -0.352 e. The van der Waals surface area contributed by atoms with E-state index in [1.807, 2.05) is 0 Å². The zero-order chi connectivity index (χ0) is 13.0. The summed E-state index contributed by atoms with van der Waals surface area (Å²) >= 11 is 0. The zero-order valence-corrected chi connectivity index (χ0v) is 11.6. The predicted octanol–water partition coefficient (Wildman–Crippen LogP) is 0.816. The summed E-state index contributed by atoms with van der Waals surface area (Å²) < 4.78 is 0. The lowest BCUT2D eigenvalue weighted by Crippen LogP contribution is -2.46. The van der Waals surface area contributed by atoms with E-state index in [9.17, 15) is 4.79 Å². The molecule has 4 nitrogen and oxygen atoms in total. The van der Waals surface area contributed by atoms with E-state index in [1.165, 1.54) is 0 Å². The Morgan fingerprint density at radius 1 is 1.47 bits per heavy atom. The lowest BCUT2D eigenvalue weighted by molar-refractivity contribution is -0.123. The molecule has 1 saturated heterocycles. The molecule has 1 fully saturated rings. The number of likely N-dealkylation sites (tertiary alicyclic amines) is 1. The molecule has 4 heteroatoms. The highest BCUT2D eigenvalue weighted by molar-refractivity contribution is 5.78. The number of carbonyl (C=O) groups excluding carboxylic acids is 1. The van der Waals surface area contributed by atoms with E-state index < -0.39 is 0 Å². The molecule has 3 N–H and O–H groups in total. The summed E-state index contributed by atoms with van der Waals surface area (Å²) in [6.45, 7) is 10.6. The van der Waals surface area contributed by atoms with Crippen LogP contribution in [0.25, 0.3) is 0 Å². The van der Waals surface area contributed by atoms with Crippen LogP contribution in [0.15, 0.2) is 0 Å². The van der Waals surface area contributed by atoms with Gasteiger partial charge in [0.15, 0.2) is 0 Å². The highest BCUT2D eigenvalue weighted by Crippen LogP contribution is 2.22. The molecule has 0 bridgehead atoms. The maximum absolute atomic E-state index is 11.9. The molecule has 0 aromatic rings. The summed E-state index contributed by atoms with van der Waals surface area (Å²) in [5.41, 5.74) is 5.77. The quantitative estimate of drug-likeness (QED) is 0.749. The van der Waals surface area contributed by atoms with Gasteiger partial charge in [-0.05, 0) is 31.7 Å². The van der Waals surface area contributed by atoms with E-state index in [-0.39, 0.29) is 11.9 Å². The third kappa shape index (κ3) is 3.96. The van der Waals surface area contributed by atoms with E-state index in [0.29, 0.717) is 31.0 Å². The van der Waals surface area contributed by atoms with E-state index in [0.717, 1.165) is 13.0 Å². The van der Waals surface area contributed by atoms with Crippen molar-refractivity contribution in [2.75, 3.05) is 19.6 Å². The fraction of sp³-hybridized carbons (Fsp3) is 0.923. The van der Waals surface area contributed by atoms with Gasteiger partial charge >= 0.3 is 0 Å². The maximum atomic E-state index is 11.9. The third-order valence-corrected chi connectivity index (χ3v) is 3.97. The van der Waals surface area contributed by atoms with Crippen molar-refractivity contribution in [2.24, 2.45) is 17.6 Å².